The van der Waals surface area contributed by atoms with Gasteiger partial charge in [-0.2, -0.15) is 9.97 Å². The molecule has 0 fully saturated rings. The minimum absolute atomic E-state index is 0.0187. The molecule has 110 valence electrons. The molecule has 0 spiro atoms. The molecule has 9 nitrogen and oxygen atoms in total. The molecule has 0 aliphatic carbocycles. The Morgan fingerprint density at radius 3 is 2.57 bits per heavy atom. The van der Waals surface area contributed by atoms with E-state index < -0.39 is 4.92 Å². The minimum atomic E-state index is -0.501. The molecule has 2 aromatic rings. The van der Waals surface area contributed by atoms with Gasteiger partial charge in [-0.1, -0.05) is 0 Å². The maximum absolute atomic E-state index is 10.8. The smallest absolute Gasteiger partial charge is 0.330 e. The van der Waals surface area contributed by atoms with Crippen LogP contribution < -0.4 is 14.8 Å². The Morgan fingerprint density at radius 1 is 1.24 bits per heavy atom. The van der Waals surface area contributed by atoms with Crippen LogP contribution in [0.1, 0.15) is 5.56 Å². The zero-order chi connectivity index (χ0) is 15.4. The Morgan fingerprint density at radius 2 is 1.95 bits per heavy atom. The summed E-state index contributed by atoms with van der Waals surface area (Å²) in [6.45, 7) is 1.76. The first-order valence-electron chi connectivity index (χ1n) is 5.94. The van der Waals surface area contributed by atoms with Gasteiger partial charge in [0.05, 0.1) is 18.1 Å². The molecule has 0 aliphatic heterocycles. The second kappa shape index (κ2) is 5.99. The Hall–Kier alpha value is -2.97. The fourth-order valence-electron chi connectivity index (χ4n) is 1.50. The zero-order valence-corrected chi connectivity index (χ0v) is 11.7. The third-order valence-electron chi connectivity index (χ3n) is 2.58. The number of nitrogens with zero attached hydrogens (tertiary/aromatic N) is 4. The molecule has 0 amide bonds. The van der Waals surface area contributed by atoms with Crippen LogP contribution in [0, 0.1) is 17.0 Å². The summed E-state index contributed by atoms with van der Waals surface area (Å²) in [5.74, 6) is 0.555. The molecule has 1 heterocycles. The molecule has 0 atom stereocenters. The number of anilines is 1. The van der Waals surface area contributed by atoms with Gasteiger partial charge in [-0.05, 0) is 18.6 Å². The second-order valence-electron chi connectivity index (χ2n) is 3.99. The first-order chi connectivity index (χ1) is 10.0. The van der Waals surface area contributed by atoms with Crippen LogP contribution in [0.25, 0.3) is 0 Å². The summed E-state index contributed by atoms with van der Waals surface area (Å²) in [7, 11) is 3.05. The van der Waals surface area contributed by atoms with E-state index in [0.29, 0.717) is 11.3 Å². The van der Waals surface area contributed by atoms with Crippen LogP contribution in [0.5, 0.6) is 17.8 Å². The van der Waals surface area contributed by atoms with Crippen molar-refractivity contribution in [2.45, 2.75) is 6.92 Å². The van der Waals surface area contributed by atoms with Crippen LogP contribution in [0.3, 0.4) is 0 Å². The SMILES string of the molecule is CNc1nc(OC)nc(Oc2cc([N+](=O)[O-])ccc2C)n1. The highest BCUT2D eigenvalue weighted by molar-refractivity contribution is 5.44. The number of aryl methyl sites for hydroxylation is 1. The summed E-state index contributed by atoms with van der Waals surface area (Å²) in [5, 5.41) is 13.5. The predicted octanol–water partition coefficient (Wildman–Crippen LogP) is 1.93. The average molecular weight is 291 g/mol. The number of nitrogens with one attached hydrogen (secondary N) is 1. The fourth-order valence-corrected chi connectivity index (χ4v) is 1.50. The van der Waals surface area contributed by atoms with Crippen molar-refractivity contribution in [1.29, 1.82) is 0 Å². The minimum Gasteiger partial charge on any atom is -0.467 e. The number of methoxy groups -OCH3 is 1. The molecule has 0 saturated carbocycles. The standard InChI is InChI=1S/C12H13N5O4/c1-7-4-5-8(17(18)19)6-9(7)21-12-15-10(13-2)14-11(16-12)20-3/h4-6H,1-3H3,(H,13,14,15,16). The predicted molar refractivity (Wildman–Crippen MR) is 73.8 cm³/mol. The molecule has 1 N–H and O–H groups in total. The van der Waals surface area contributed by atoms with Crippen molar-refractivity contribution in [3.05, 3.63) is 33.9 Å². The Kier molecular flexibility index (Phi) is 4.12. The summed E-state index contributed by atoms with van der Waals surface area (Å²) >= 11 is 0. The van der Waals surface area contributed by atoms with E-state index in [1.807, 2.05) is 0 Å². The molecule has 0 aliphatic rings. The van der Waals surface area contributed by atoms with Crippen molar-refractivity contribution in [1.82, 2.24) is 15.0 Å². The molecule has 21 heavy (non-hydrogen) atoms. The Bertz CT molecular complexity index is 654. The van der Waals surface area contributed by atoms with E-state index in [9.17, 15) is 10.1 Å². The van der Waals surface area contributed by atoms with Crippen molar-refractivity contribution >= 4 is 11.6 Å². The lowest BCUT2D eigenvalue weighted by molar-refractivity contribution is -0.384. The maximum Gasteiger partial charge on any atom is 0.330 e. The van der Waals surface area contributed by atoms with Crippen molar-refractivity contribution < 1.29 is 14.4 Å². The molecule has 0 bridgehead atoms. The number of aromatic nitrogens is 3. The van der Waals surface area contributed by atoms with E-state index in [0.717, 1.165) is 0 Å². The molecular formula is C12H13N5O4. The van der Waals surface area contributed by atoms with E-state index in [2.05, 4.69) is 20.3 Å². The van der Waals surface area contributed by atoms with Gasteiger partial charge in [0.25, 0.3) is 5.69 Å². The van der Waals surface area contributed by atoms with Crippen molar-refractivity contribution in [2.75, 3.05) is 19.5 Å². The van der Waals surface area contributed by atoms with Gasteiger partial charge >= 0.3 is 12.0 Å². The van der Waals surface area contributed by atoms with E-state index in [4.69, 9.17) is 9.47 Å². The summed E-state index contributed by atoms with van der Waals surface area (Å²) < 4.78 is 10.4. The summed E-state index contributed by atoms with van der Waals surface area (Å²) in [6.07, 6.45) is 0. The van der Waals surface area contributed by atoms with Gasteiger partial charge in [0.1, 0.15) is 5.75 Å². The molecule has 0 saturated heterocycles. The highest BCUT2D eigenvalue weighted by Crippen LogP contribution is 2.28. The fraction of sp³-hybridized carbons (Fsp3) is 0.250. The van der Waals surface area contributed by atoms with Gasteiger partial charge in [0, 0.05) is 13.1 Å². The van der Waals surface area contributed by atoms with Gasteiger partial charge in [0.2, 0.25) is 5.95 Å². The van der Waals surface area contributed by atoms with Gasteiger partial charge in [-0.15, -0.1) is 4.98 Å². The number of nitro benzene ring substituents is 1. The Labute approximate surface area is 120 Å². The molecule has 9 heteroatoms. The molecule has 1 aromatic carbocycles. The number of ether oxygens (including phenoxy) is 2. The van der Waals surface area contributed by atoms with Gasteiger partial charge < -0.3 is 14.8 Å². The highest BCUT2D eigenvalue weighted by atomic mass is 16.6. The molecular weight excluding hydrogens is 278 g/mol. The number of rotatable bonds is 5. The number of nitro groups is 1. The quantitative estimate of drug-likeness (QED) is 0.656. The van der Waals surface area contributed by atoms with Crippen molar-refractivity contribution in [3.63, 3.8) is 0 Å². The van der Waals surface area contributed by atoms with E-state index in [-0.39, 0.29) is 23.7 Å². The lowest BCUT2D eigenvalue weighted by Crippen LogP contribution is -2.03. The van der Waals surface area contributed by atoms with E-state index in [1.165, 1.54) is 19.2 Å². The van der Waals surface area contributed by atoms with Crippen molar-refractivity contribution in [2.24, 2.45) is 0 Å². The van der Waals surface area contributed by atoms with Crippen LogP contribution >= 0.6 is 0 Å². The lowest BCUT2D eigenvalue weighted by atomic mass is 10.2. The normalized spacial score (nSPS) is 10.0. The van der Waals surface area contributed by atoms with Crippen LogP contribution in [-0.2, 0) is 0 Å². The van der Waals surface area contributed by atoms with Crippen LogP contribution in [0.2, 0.25) is 0 Å². The topological polar surface area (TPSA) is 112 Å². The van der Waals surface area contributed by atoms with E-state index in [1.54, 1.807) is 20.0 Å². The first-order valence-corrected chi connectivity index (χ1v) is 5.94. The summed E-state index contributed by atoms with van der Waals surface area (Å²) in [4.78, 5) is 22.2. The highest BCUT2D eigenvalue weighted by Gasteiger charge is 2.13. The summed E-state index contributed by atoms with van der Waals surface area (Å²) in [6, 6.07) is 4.35. The number of hydrogen-bond donors (Lipinski definition) is 1. The number of hydrogen-bond acceptors (Lipinski definition) is 8. The van der Waals surface area contributed by atoms with Gasteiger partial charge in [-0.25, -0.2) is 0 Å². The third-order valence-corrected chi connectivity index (χ3v) is 2.58. The maximum atomic E-state index is 10.8. The molecule has 1 aromatic heterocycles. The third kappa shape index (κ3) is 3.32. The Balaban J connectivity index is 2.37. The van der Waals surface area contributed by atoms with Gasteiger partial charge in [0.15, 0.2) is 0 Å². The molecule has 0 radical (unpaired) electrons. The first kappa shape index (κ1) is 14.4. The second-order valence-corrected chi connectivity index (χ2v) is 3.99. The monoisotopic (exact) mass is 291 g/mol. The van der Waals surface area contributed by atoms with Crippen LogP contribution in [-0.4, -0.2) is 34.0 Å². The summed E-state index contributed by atoms with van der Waals surface area (Å²) in [5.41, 5.74) is 0.636. The van der Waals surface area contributed by atoms with Crippen molar-refractivity contribution in [3.8, 4) is 17.8 Å². The van der Waals surface area contributed by atoms with Crippen LogP contribution in [0.4, 0.5) is 11.6 Å². The molecule has 0 unspecified atom stereocenters. The van der Waals surface area contributed by atoms with Gasteiger partial charge in [-0.3, -0.25) is 10.1 Å². The largest absolute Gasteiger partial charge is 0.467 e. The number of benzene rings is 1. The molecule has 2 rings (SSSR count). The zero-order valence-electron chi connectivity index (χ0n) is 11.7. The van der Waals surface area contributed by atoms with E-state index >= 15 is 0 Å². The average Bonchev–Trinajstić information content (AvgIpc) is 2.48. The van der Waals surface area contributed by atoms with Crippen LogP contribution in [0.15, 0.2) is 18.2 Å². The lowest BCUT2D eigenvalue weighted by Gasteiger charge is -2.08. The number of non-ortho nitro benzene ring substituents is 1.